The predicted molar refractivity (Wildman–Crippen MR) is 51.3 cm³/mol. The zero-order valence-electron chi connectivity index (χ0n) is 7.27. The van der Waals surface area contributed by atoms with E-state index in [9.17, 15) is 4.79 Å². The number of carbonyl (C=O) groups is 1. The van der Waals surface area contributed by atoms with E-state index in [2.05, 4.69) is 5.10 Å². The van der Waals surface area contributed by atoms with Gasteiger partial charge in [0, 0.05) is 6.07 Å². The molecule has 2 amide bonds. The van der Waals surface area contributed by atoms with Crippen molar-refractivity contribution in [2.45, 2.75) is 0 Å². The second-order valence-corrected chi connectivity index (χ2v) is 3.10. The standard InChI is InChI=1S/C9H9N3O/c1-12(9(10)13)8-5-3-2-4-7(8)6-11-12/h2-6H,1H3,(H-,10,13)/p+1. The Morgan fingerprint density at radius 2 is 2.15 bits per heavy atom. The molecular weight excluding hydrogens is 166 g/mol. The normalized spacial score (nSPS) is 24.4. The first kappa shape index (κ1) is 7.94. The molecule has 1 aliphatic rings. The van der Waals surface area contributed by atoms with Crippen LogP contribution in [-0.4, -0.2) is 19.3 Å². The van der Waals surface area contributed by atoms with Crippen LogP contribution in [0.2, 0.25) is 0 Å². The summed E-state index contributed by atoms with van der Waals surface area (Å²) in [7, 11) is 1.67. The van der Waals surface area contributed by atoms with E-state index in [0.29, 0.717) is 0 Å². The lowest BCUT2D eigenvalue weighted by atomic mass is 10.2. The number of nitrogens with two attached hydrogens (primary N) is 1. The van der Waals surface area contributed by atoms with Crippen LogP contribution in [0.1, 0.15) is 5.56 Å². The molecule has 0 fully saturated rings. The molecule has 0 aromatic heterocycles. The summed E-state index contributed by atoms with van der Waals surface area (Å²) in [6, 6.07) is 7.06. The van der Waals surface area contributed by atoms with Gasteiger partial charge in [0.05, 0.1) is 11.8 Å². The Kier molecular flexibility index (Phi) is 1.47. The number of fused-ring (bicyclic) bond motifs is 1. The number of quaternary nitrogens is 1. The van der Waals surface area contributed by atoms with Crippen molar-refractivity contribution in [3.05, 3.63) is 29.8 Å². The number of hydrogen-bond donors (Lipinski definition) is 1. The monoisotopic (exact) mass is 176 g/mol. The van der Waals surface area contributed by atoms with E-state index in [4.69, 9.17) is 5.73 Å². The molecule has 1 atom stereocenters. The fourth-order valence-corrected chi connectivity index (χ4v) is 1.41. The van der Waals surface area contributed by atoms with E-state index in [-0.39, 0.29) is 4.59 Å². The van der Waals surface area contributed by atoms with Crippen molar-refractivity contribution in [3.8, 4) is 0 Å². The highest BCUT2D eigenvalue weighted by Crippen LogP contribution is 2.29. The predicted octanol–water partition coefficient (Wildman–Crippen LogP) is 1.05. The molecule has 1 aromatic rings. The Labute approximate surface area is 75.9 Å². The number of nitrogens with zero attached hydrogens (tertiary/aromatic N) is 2. The Bertz CT molecular complexity index is 400. The molecule has 0 saturated heterocycles. The molecule has 0 aliphatic carbocycles. The Hall–Kier alpha value is -1.68. The molecule has 1 aliphatic heterocycles. The van der Waals surface area contributed by atoms with Crippen molar-refractivity contribution in [2.75, 3.05) is 7.05 Å². The molecule has 1 aromatic carbocycles. The van der Waals surface area contributed by atoms with Gasteiger partial charge < -0.3 is 5.73 Å². The summed E-state index contributed by atoms with van der Waals surface area (Å²) in [5.74, 6) is 0. The number of benzene rings is 1. The van der Waals surface area contributed by atoms with Crippen LogP contribution in [-0.2, 0) is 0 Å². The molecule has 1 unspecified atom stereocenters. The van der Waals surface area contributed by atoms with Gasteiger partial charge in [0.1, 0.15) is 7.05 Å². The van der Waals surface area contributed by atoms with Crippen LogP contribution >= 0.6 is 0 Å². The molecule has 2 rings (SSSR count). The van der Waals surface area contributed by atoms with Gasteiger partial charge in [-0.3, -0.25) is 0 Å². The van der Waals surface area contributed by atoms with E-state index >= 15 is 0 Å². The summed E-state index contributed by atoms with van der Waals surface area (Å²) >= 11 is 0. The molecule has 2 N–H and O–H groups in total. The minimum Gasteiger partial charge on any atom is -0.316 e. The van der Waals surface area contributed by atoms with E-state index in [1.807, 2.05) is 24.3 Å². The first-order valence-corrected chi connectivity index (χ1v) is 3.96. The van der Waals surface area contributed by atoms with Crippen LogP contribution in [0.15, 0.2) is 29.4 Å². The minimum atomic E-state index is -0.471. The highest BCUT2D eigenvalue weighted by Gasteiger charge is 2.38. The number of rotatable bonds is 0. The highest BCUT2D eigenvalue weighted by molar-refractivity contribution is 5.99. The molecule has 13 heavy (non-hydrogen) atoms. The molecule has 1 heterocycles. The number of primary amides is 1. The van der Waals surface area contributed by atoms with Gasteiger partial charge in [0.15, 0.2) is 5.69 Å². The molecule has 4 heteroatoms. The van der Waals surface area contributed by atoms with Gasteiger partial charge in [-0.2, -0.15) is 0 Å². The smallest absolute Gasteiger partial charge is 0.316 e. The van der Waals surface area contributed by atoms with E-state index in [1.165, 1.54) is 0 Å². The second-order valence-electron chi connectivity index (χ2n) is 3.10. The van der Waals surface area contributed by atoms with Crippen LogP contribution in [0.4, 0.5) is 10.5 Å². The molecule has 0 saturated carbocycles. The summed E-state index contributed by atoms with van der Waals surface area (Å²) in [5.41, 5.74) is 7.04. The number of hydrogen-bond acceptors (Lipinski definition) is 2. The molecule has 0 bridgehead atoms. The maximum Gasteiger partial charge on any atom is 0.445 e. The van der Waals surface area contributed by atoms with Crippen molar-refractivity contribution < 1.29 is 4.79 Å². The third-order valence-electron chi connectivity index (χ3n) is 2.26. The molecule has 0 radical (unpaired) electrons. The van der Waals surface area contributed by atoms with Crippen molar-refractivity contribution in [2.24, 2.45) is 10.8 Å². The largest absolute Gasteiger partial charge is 0.445 e. The summed E-state index contributed by atoms with van der Waals surface area (Å²) < 4.78 is -0.184. The van der Waals surface area contributed by atoms with Gasteiger partial charge in [-0.15, -0.1) is 0 Å². The van der Waals surface area contributed by atoms with E-state index in [1.54, 1.807) is 13.3 Å². The lowest BCUT2D eigenvalue weighted by Crippen LogP contribution is -2.47. The van der Waals surface area contributed by atoms with Gasteiger partial charge in [-0.05, 0) is 6.07 Å². The van der Waals surface area contributed by atoms with Crippen LogP contribution in [0.5, 0.6) is 0 Å². The van der Waals surface area contributed by atoms with Gasteiger partial charge in [-0.25, -0.2) is 4.79 Å². The summed E-state index contributed by atoms with van der Waals surface area (Å²) in [4.78, 5) is 11.2. The number of urea groups is 1. The van der Waals surface area contributed by atoms with Gasteiger partial charge in [0.25, 0.3) is 0 Å². The van der Waals surface area contributed by atoms with Gasteiger partial charge in [-0.1, -0.05) is 21.8 Å². The molecule has 4 nitrogen and oxygen atoms in total. The maximum atomic E-state index is 11.2. The third kappa shape index (κ3) is 0.957. The Morgan fingerprint density at radius 3 is 2.85 bits per heavy atom. The summed E-state index contributed by atoms with van der Waals surface area (Å²) in [5, 5.41) is 4.07. The Morgan fingerprint density at radius 1 is 1.46 bits per heavy atom. The zero-order chi connectivity index (χ0) is 9.47. The van der Waals surface area contributed by atoms with Crippen molar-refractivity contribution >= 4 is 17.9 Å². The lowest BCUT2D eigenvalue weighted by molar-refractivity contribution is 0.221. The fourth-order valence-electron chi connectivity index (χ4n) is 1.41. The SMILES string of the molecule is C[N+]1(C(N)=O)N=Cc2ccccc21. The molecule has 0 spiro atoms. The number of amides is 2. The average molecular weight is 176 g/mol. The quantitative estimate of drug-likeness (QED) is 0.590. The average Bonchev–Trinajstić information content (AvgIpc) is 2.47. The van der Waals surface area contributed by atoms with Crippen LogP contribution in [0.3, 0.4) is 0 Å². The first-order valence-electron chi connectivity index (χ1n) is 3.96. The highest BCUT2D eigenvalue weighted by atomic mass is 16.2. The maximum absolute atomic E-state index is 11.2. The second kappa shape index (κ2) is 2.40. The van der Waals surface area contributed by atoms with E-state index in [0.717, 1.165) is 11.3 Å². The number of carbonyl (C=O) groups excluding carboxylic acids is 1. The van der Waals surface area contributed by atoms with Crippen LogP contribution in [0, 0.1) is 0 Å². The van der Waals surface area contributed by atoms with Gasteiger partial charge in [0.2, 0.25) is 0 Å². The van der Waals surface area contributed by atoms with Crippen molar-refractivity contribution in [1.82, 2.24) is 4.59 Å². The Balaban J connectivity index is 2.61. The van der Waals surface area contributed by atoms with Crippen LogP contribution < -0.4 is 10.3 Å². The van der Waals surface area contributed by atoms with Gasteiger partial charge >= 0.3 is 6.03 Å². The minimum absolute atomic E-state index is 0.184. The summed E-state index contributed by atoms with van der Waals surface area (Å²) in [6.07, 6.45) is 1.67. The van der Waals surface area contributed by atoms with Crippen LogP contribution in [0.25, 0.3) is 0 Å². The summed E-state index contributed by atoms with van der Waals surface area (Å²) in [6.45, 7) is 0. The fraction of sp³-hybridized carbons (Fsp3) is 0.111. The van der Waals surface area contributed by atoms with Crippen molar-refractivity contribution in [1.29, 1.82) is 0 Å². The zero-order valence-corrected chi connectivity index (χ0v) is 7.27. The molecule has 66 valence electrons. The third-order valence-corrected chi connectivity index (χ3v) is 2.26. The number of para-hydroxylation sites is 1. The van der Waals surface area contributed by atoms with Crippen molar-refractivity contribution in [3.63, 3.8) is 0 Å². The topological polar surface area (TPSA) is 55.5 Å². The lowest BCUT2D eigenvalue weighted by Gasteiger charge is -2.17. The van der Waals surface area contributed by atoms with E-state index < -0.39 is 6.03 Å². The first-order chi connectivity index (χ1) is 6.14. The molecular formula is C9H10N3O+.